The van der Waals surface area contributed by atoms with Crippen LogP contribution in [-0.2, 0) is 4.74 Å². The predicted octanol–water partition coefficient (Wildman–Crippen LogP) is 2.40. The van der Waals surface area contributed by atoms with E-state index in [9.17, 15) is 15.3 Å². The maximum atomic E-state index is 10.2. The molecule has 0 bridgehead atoms. The molecule has 5 heteroatoms. The predicted molar refractivity (Wildman–Crippen MR) is 98.5 cm³/mol. The molecule has 4 aromatic carbocycles. The van der Waals surface area contributed by atoms with Gasteiger partial charge in [0.1, 0.15) is 24.1 Å². The summed E-state index contributed by atoms with van der Waals surface area (Å²) in [7, 11) is 0. The summed E-state index contributed by atoms with van der Waals surface area (Å²) < 4.78 is 11.4. The number of hydrogen-bond acceptors (Lipinski definition) is 5. The lowest BCUT2D eigenvalue weighted by Gasteiger charge is -2.19. The molecule has 26 heavy (non-hydrogen) atoms. The first-order valence-corrected chi connectivity index (χ1v) is 8.63. The highest BCUT2D eigenvalue weighted by atomic mass is 16.7. The molecule has 1 aliphatic heterocycles. The number of hydrogen-bond donors (Lipinski definition) is 3. The number of rotatable bonds is 3. The Balaban J connectivity index is 1.65. The highest BCUT2D eigenvalue weighted by Crippen LogP contribution is 2.39. The summed E-state index contributed by atoms with van der Waals surface area (Å²) in [6, 6.07) is 18.3. The lowest BCUT2D eigenvalue weighted by molar-refractivity contribution is -0.115. The molecule has 0 aliphatic carbocycles. The van der Waals surface area contributed by atoms with Crippen molar-refractivity contribution < 1.29 is 24.8 Å². The van der Waals surface area contributed by atoms with Gasteiger partial charge in [0, 0.05) is 10.8 Å². The highest BCUT2D eigenvalue weighted by molar-refractivity contribution is 6.24. The van der Waals surface area contributed by atoms with Crippen LogP contribution in [0.1, 0.15) is 0 Å². The van der Waals surface area contributed by atoms with Crippen molar-refractivity contribution in [2.24, 2.45) is 0 Å². The topological polar surface area (TPSA) is 79.2 Å². The Hall–Kier alpha value is -2.44. The van der Waals surface area contributed by atoms with Crippen LogP contribution in [0.4, 0.5) is 0 Å². The number of benzene rings is 4. The molecule has 4 aromatic rings. The first-order valence-electron chi connectivity index (χ1n) is 8.63. The fourth-order valence-electron chi connectivity index (χ4n) is 3.90. The van der Waals surface area contributed by atoms with Gasteiger partial charge in [0.05, 0.1) is 6.61 Å². The molecule has 1 fully saturated rings. The zero-order valence-electron chi connectivity index (χ0n) is 13.9. The van der Waals surface area contributed by atoms with Crippen LogP contribution < -0.4 is 4.74 Å². The second-order valence-electron chi connectivity index (χ2n) is 6.74. The van der Waals surface area contributed by atoms with Crippen LogP contribution >= 0.6 is 0 Å². The summed E-state index contributed by atoms with van der Waals surface area (Å²) in [5, 5.41) is 35.9. The Labute approximate surface area is 149 Å². The molecule has 4 atom stereocenters. The first kappa shape index (κ1) is 15.8. The van der Waals surface area contributed by atoms with E-state index in [-0.39, 0.29) is 6.61 Å². The summed E-state index contributed by atoms with van der Waals surface area (Å²) >= 11 is 0. The molecule has 0 radical (unpaired) electrons. The van der Waals surface area contributed by atoms with Gasteiger partial charge in [0.25, 0.3) is 0 Å². The fourth-order valence-corrected chi connectivity index (χ4v) is 3.90. The van der Waals surface area contributed by atoms with Crippen molar-refractivity contribution in [2.75, 3.05) is 6.61 Å². The third-order valence-corrected chi connectivity index (χ3v) is 5.23. The molecule has 1 aliphatic rings. The van der Waals surface area contributed by atoms with Crippen LogP contribution in [0.15, 0.2) is 54.6 Å². The number of ether oxygens (including phenoxy) is 2. The van der Waals surface area contributed by atoms with Crippen molar-refractivity contribution >= 4 is 32.3 Å². The summed E-state index contributed by atoms with van der Waals surface area (Å²) in [4.78, 5) is 0. The third-order valence-electron chi connectivity index (χ3n) is 5.23. The van der Waals surface area contributed by atoms with Crippen LogP contribution in [0.3, 0.4) is 0 Å². The van der Waals surface area contributed by atoms with Crippen molar-refractivity contribution in [3.05, 3.63) is 54.6 Å². The third kappa shape index (κ3) is 2.19. The molecule has 1 saturated heterocycles. The zero-order chi connectivity index (χ0) is 17.8. The Kier molecular flexibility index (Phi) is 3.52. The van der Waals surface area contributed by atoms with E-state index in [0.717, 1.165) is 26.9 Å². The minimum absolute atomic E-state index is 0.378. The van der Waals surface area contributed by atoms with E-state index in [0.29, 0.717) is 5.75 Å². The van der Waals surface area contributed by atoms with E-state index in [1.807, 2.05) is 30.3 Å². The first-order chi connectivity index (χ1) is 12.7. The zero-order valence-corrected chi connectivity index (χ0v) is 13.9. The van der Waals surface area contributed by atoms with Crippen LogP contribution in [0.2, 0.25) is 0 Å². The Morgan fingerprint density at radius 2 is 1.46 bits per heavy atom. The molecule has 132 valence electrons. The van der Waals surface area contributed by atoms with Gasteiger partial charge in [-0.2, -0.15) is 0 Å². The molecule has 0 spiro atoms. The molecule has 5 nitrogen and oxygen atoms in total. The quantitative estimate of drug-likeness (QED) is 0.495. The van der Waals surface area contributed by atoms with Gasteiger partial charge < -0.3 is 24.8 Å². The summed E-state index contributed by atoms with van der Waals surface area (Å²) in [6.45, 7) is -0.378. The smallest absolute Gasteiger partial charge is 0.229 e. The maximum absolute atomic E-state index is 10.2. The lowest BCUT2D eigenvalue weighted by Crippen LogP contribution is -2.35. The second-order valence-corrected chi connectivity index (χ2v) is 6.74. The lowest BCUT2D eigenvalue weighted by atomic mass is 9.94. The van der Waals surface area contributed by atoms with Crippen molar-refractivity contribution in [1.82, 2.24) is 0 Å². The molecular formula is C21H18O5. The summed E-state index contributed by atoms with van der Waals surface area (Å²) in [5.41, 5.74) is 0. The Morgan fingerprint density at radius 3 is 2.15 bits per heavy atom. The largest absolute Gasteiger partial charge is 0.461 e. The average Bonchev–Trinajstić information content (AvgIpc) is 2.95. The Morgan fingerprint density at radius 1 is 0.808 bits per heavy atom. The minimum Gasteiger partial charge on any atom is -0.461 e. The monoisotopic (exact) mass is 350 g/mol. The summed E-state index contributed by atoms with van der Waals surface area (Å²) in [5.74, 6) is 0.575. The molecule has 1 heterocycles. The Bertz CT molecular complexity index is 1080. The highest BCUT2D eigenvalue weighted by Gasteiger charge is 2.44. The van der Waals surface area contributed by atoms with Gasteiger partial charge in [-0.25, -0.2) is 0 Å². The van der Waals surface area contributed by atoms with Gasteiger partial charge >= 0.3 is 0 Å². The van der Waals surface area contributed by atoms with Gasteiger partial charge in [-0.3, -0.25) is 0 Å². The van der Waals surface area contributed by atoms with E-state index < -0.39 is 24.6 Å². The van der Waals surface area contributed by atoms with Crippen molar-refractivity contribution in [3.63, 3.8) is 0 Å². The molecule has 5 rings (SSSR count). The molecule has 0 saturated carbocycles. The van der Waals surface area contributed by atoms with Crippen molar-refractivity contribution in [3.8, 4) is 5.75 Å². The maximum Gasteiger partial charge on any atom is 0.229 e. The summed E-state index contributed by atoms with van der Waals surface area (Å²) in [6.07, 6.45) is -4.27. The van der Waals surface area contributed by atoms with E-state index in [1.54, 1.807) is 0 Å². The normalized spacial score (nSPS) is 26.3. The van der Waals surface area contributed by atoms with Crippen LogP contribution in [0, 0.1) is 0 Å². The van der Waals surface area contributed by atoms with Crippen LogP contribution in [-0.4, -0.2) is 46.5 Å². The van der Waals surface area contributed by atoms with Gasteiger partial charge in [0.2, 0.25) is 6.29 Å². The number of aliphatic hydroxyl groups is 3. The van der Waals surface area contributed by atoms with Crippen LogP contribution in [0.25, 0.3) is 32.3 Å². The van der Waals surface area contributed by atoms with Gasteiger partial charge in [-0.05, 0) is 33.7 Å². The minimum atomic E-state index is -1.22. The molecular weight excluding hydrogens is 332 g/mol. The molecule has 0 aromatic heterocycles. The van der Waals surface area contributed by atoms with Gasteiger partial charge in [0.15, 0.2) is 0 Å². The van der Waals surface area contributed by atoms with Gasteiger partial charge in [-0.15, -0.1) is 0 Å². The van der Waals surface area contributed by atoms with Crippen LogP contribution in [0.5, 0.6) is 5.75 Å². The van der Waals surface area contributed by atoms with Gasteiger partial charge in [-0.1, -0.05) is 42.5 Å². The average molecular weight is 350 g/mol. The number of aliphatic hydroxyl groups excluding tert-OH is 3. The second kappa shape index (κ2) is 5.79. The molecule has 1 unspecified atom stereocenters. The fraction of sp³-hybridized carbons (Fsp3) is 0.238. The molecule has 0 amide bonds. The standard InChI is InChI=1S/C21H18O5/c22-10-16-19(23)20(24)21(26-16)25-15-9-7-13-5-4-11-2-1-3-12-6-8-14(15)18(13)17(11)12/h1-9,16,19-24H,10H2/t16-,19+,20-,21?/m1/s1. The molecule has 3 N–H and O–H groups in total. The van der Waals surface area contributed by atoms with Crippen molar-refractivity contribution in [2.45, 2.75) is 24.6 Å². The van der Waals surface area contributed by atoms with E-state index in [4.69, 9.17) is 9.47 Å². The van der Waals surface area contributed by atoms with E-state index in [2.05, 4.69) is 24.3 Å². The van der Waals surface area contributed by atoms with Crippen molar-refractivity contribution in [1.29, 1.82) is 0 Å². The van der Waals surface area contributed by atoms with E-state index >= 15 is 0 Å². The SMILES string of the molecule is OC[C@H]1OC(Oc2ccc3ccc4cccc5ccc2c3c45)[C@H](O)[C@H]1O. The van der Waals surface area contributed by atoms with E-state index in [1.165, 1.54) is 5.39 Å².